The lowest BCUT2D eigenvalue weighted by Gasteiger charge is -1.93. The summed E-state index contributed by atoms with van der Waals surface area (Å²) >= 11 is 0. The van der Waals surface area contributed by atoms with E-state index < -0.39 is 11.9 Å². The molecule has 1 aromatic carbocycles. The monoisotopic (exact) mass is 205 g/mol. The zero-order valence-electron chi connectivity index (χ0n) is 7.60. The lowest BCUT2D eigenvalue weighted by atomic mass is 10.1. The Labute approximate surface area is 84.0 Å². The van der Waals surface area contributed by atoms with Crippen LogP contribution in [0.25, 0.3) is 5.57 Å². The quantitative estimate of drug-likeness (QED) is 0.660. The molecule has 0 atom stereocenters. The van der Waals surface area contributed by atoms with Crippen LogP contribution >= 0.6 is 0 Å². The summed E-state index contributed by atoms with van der Waals surface area (Å²) in [7, 11) is 0. The number of carbonyl (C=O) groups is 2. The first-order valence-corrected chi connectivity index (χ1v) is 4.25. The number of hydrogen-bond donors (Lipinski definition) is 2. The first-order chi connectivity index (χ1) is 7.09. The van der Waals surface area contributed by atoms with Crippen LogP contribution in [0.15, 0.2) is 23.2 Å². The van der Waals surface area contributed by atoms with Crippen LogP contribution in [0.5, 0.6) is 5.75 Å². The standard InChI is InChI=1S/C10H7NO4/c12-7-3-1-2-5-6(4-8(13)14)10(15)11-9(5)7/h1-3,12H,4H2,(H,13,14). The molecule has 0 saturated carbocycles. The molecule has 5 heteroatoms. The fourth-order valence-corrected chi connectivity index (χ4v) is 1.50. The summed E-state index contributed by atoms with van der Waals surface area (Å²) < 4.78 is 0. The van der Waals surface area contributed by atoms with E-state index in [4.69, 9.17) is 5.11 Å². The van der Waals surface area contributed by atoms with Crippen LogP contribution in [0.2, 0.25) is 0 Å². The summed E-state index contributed by atoms with van der Waals surface area (Å²) in [6, 6.07) is 4.52. The molecule has 0 bridgehead atoms. The zero-order chi connectivity index (χ0) is 11.0. The average molecular weight is 205 g/mol. The van der Waals surface area contributed by atoms with Gasteiger partial charge in [0.25, 0.3) is 5.91 Å². The Morgan fingerprint density at radius 1 is 1.40 bits per heavy atom. The number of hydrogen-bond acceptors (Lipinski definition) is 3. The van der Waals surface area contributed by atoms with Crippen LogP contribution in [0.3, 0.4) is 0 Å². The highest BCUT2D eigenvalue weighted by Crippen LogP contribution is 2.08. The first kappa shape index (κ1) is 9.39. The molecule has 1 heterocycles. The Hall–Kier alpha value is -2.17. The summed E-state index contributed by atoms with van der Waals surface area (Å²) in [5.41, 5.74) is 0.119. The second-order valence-corrected chi connectivity index (χ2v) is 3.14. The number of amides is 1. The number of fused-ring (bicyclic) bond motifs is 1. The number of phenolic OH excluding ortho intramolecular Hbond substituents is 1. The molecular formula is C10H7NO4. The maximum absolute atomic E-state index is 11.3. The third-order valence-corrected chi connectivity index (χ3v) is 2.14. The number of benzene rings is 1. The second kappa shape index (κ2) is 3.20. The van der Waals surface area contributed by atoms with Gasteiger partial charge in [-0.3, -0.25) is 9.59 Å². The first-order valence-electron chi connectivity index (χ1n) is 4.25. The summed E-state index contributed by atoms with van der Waals surface area (Å²) in [4.78, 5) is 25.5. The van der Waals surface area contributed by atoms with Crippen molar-refractivity contribution < 1.29 is 19.8 Å². The summed E-state index contributed by atoms with van der Waals surface area (Å²) in [5.74, 6) is -1.79. The number of rotatable bonds is 2. The van der Waals surface area contributed by atoms with E-state index in [1.54, 1.807) is 12.1 Å². The van der Waals surface area contributed by atoms with Gasteiger partial charge in [0.05, 0.1) is 6.42 Å². The Morgan fingerprint density at radius 2 is 2.13 bits per heavy atom. The van der Waals surface area contributed by atoms with Crippen molar-refractivity contribution in [2.24, 2.45) is 4.99 Å². The van der Waals surface area contributed by atoms with Gasteiger partial charge in [-0.2, -0.15) is 0 Å². The second-order valence-electron chi connectivity index (χ2n) is 3.14. The number of carbonyl (C=O) groups excluding carboxylic acids is 1. The lowest BCUT2D eigenvalue weighted by Crippen LogP contribution is -2.23. The highest BCUT2D eigenvalue weighted by Gasteiger charge is 2.19. The van der Waals surface area contributed by atoms with Crippen LogP contribution in [0.1, 0.15) is 6.42 Å². The molecule has 0 radical (unpaired) electrons. The molecule has 0 fully saturated rings. The third-order valence-electron chi connectivity index (χ3n) is 2.14. The van der Waals surface area contributed by atoms with Gasteiger partial charge in [0.15, 0.2) is 0 Å². The van der Waals surface area contributed by atoms with Crippen molar-refractivity contribution in [2.75, 3.05) is 0 Å². The highest BCUT2D eigenvalue weighted by molar-refractivity contribution is 6.18. The van der Waals surface area contributed by atoms with Crippen LogP contribution in [0.4, 0.5) is 0 Å². The Balaban J connectivity index is 2.73. The number of aromatic hydroxyl groups is 1. The number of aliphatic carboxylic acids is 1. The fourth-order valence-electron chi connectivity index (χ4n) is 1.50. The average Bonchev–Trinajstić information content (AvgIpc) is 2.45. The summed E-state index contributed by atoms with van der Waals surface area (Å²) in [6.07, 6.45) is -0.376. The molecule has 1 aromatic rings. The van der Waals surface area contributed by atoms with Gasteiger partial charge < -0.3 is 10.2 Å². The van der Waals surface area contributed by atoms with Crippen LogP contribution in [-0.4, -0.2) is 22.1 Å². The predicted octanol–water partition coefficient (Wildman–Crippen LogP) is -0.823. The lowest BCUT2D eigenvalue weighted by molar-refractivity contribution is -0.136. The normalized spacial score (nSPS) is 13.6. The number of carboxylic acids is 1. The third kappa shape index (κ3) is 1.48. The van der Waals surface area contributed by atoms with Crippen molar-refractivity contribution in [3.63, 3.8) is 0 Å². The van der Waals surface area contributed by atoms with E-state index in [1.807, 2.05) is 0 Å². The van der Waals surface area contributed by atoms with E-state index in [1.165, 1.54) is 6.07 Å². The molecule has 0 aromatic heterocycles. The Bertz CT molecular complexity index is 574. The van der Waals surface area contributed by atoms with E-state index in [-0.39, 0.29) is 23.1 Å². The zero-order valence-corrected chi connectivity index (χ0v) is 7.60. The molecule has 0 unspecified atom stereocenters. The highest BCUT2D eigenvalue weighted by atomic mass is 16.4. The molecule has 0 spiro atoms. The van der Waals surface area contributed by atoms with Crippen molar-refractivity contribution in [3.05, 3.63) is 28.8 Å². The van der Waals surface area contributed by atoms with Crippen molar-refractivity contribution >= 4 is 17.4 Å². The SMILES string of the molecule is O=C(O)CC1=c2cccc(O)c2=NC1=O. The molecular weight excluding hydrogens is 198 g/mol. The molecule has 2 rings (SSSR count). The topological polar surface area (TPSA) is 87.0 Å². The maximum atomic E-state index is 11.3. The largest absolute Gasteiger partial charge is 0.506 e. The molecule has 2 N–H and O–H groups in total. The van der Waals surface area contributed by atoms with E-state index in [0.717, 1.165) is 0 Å². The minimum atomic E-state index is -1.09. The van der Waals surface area contributed by atoms with Gasteiger partial charge in [-0.25, -0.2) is 4.99 Å². The van der Waals surface area contributed by atoms with Gasteiger partial charge in [-0.1, -0.05) is 12.1 Å². The fraction of sp³-hybridized carbons (Fsp3) is 0.100. The molecule has 1 aliphatic rings. The number of phenols is 1. The van der Waals surface area contributed by atoms with Crippen molar-refractivity contribution in [3.8, 4) is 5.75 Å². The van der Waals surface area contributed by atoms with Crippen molar-refractivity contribution in [1.82, 2.24) is 0 Å². The van der Waals surface area contributed by atoms with Crippen molar-refractivity contribution in [2.45, 2.75) is 6.42 Å². The number of nitrogens with zero attached hydrogens (tertiary/aromatic N) is 1. The molecule has 1 aliphatic heterocycles. The van der Waals surface area contributed by atoms with Gasteiger partial charge in [-0.05, 0) is 6.07 Å². The molecule has 1 amide bonds. The van der Waals surface area contributed by atoms with E-state index in [2.05, 4.69) is 4.99 Å². The molecule has 0 saturated heterocycles. The molecule has 0 aliphatic carbocycles. The number of carboxylic acid groups (broad SMARTS) is 1. The maximum Gasteiger partial charge on any atom is 0.308 e. The van der Waals surface area contributed by atoms with Gasteiger partial charge in [0.1, 0.15) is 11.1 Å². The van der Waals surface area contributed by atoms with Gasteiger partial charge in [0, 0.05) is 10.8 Å². The Morgan fingerprint density at radius 3 is 2.80 bits per heavy atom. The predicted molar refractivity (Wildman–Crippen MR) is 49.6 cm³/mol. The summed E-state index contributed by atoms with van der Waals surface area (Å²) in [5, 5.41) is 18.6. The van der Waals surface area contributed by atoms with E-state index >= 15 is 0 Å². The molecule has 5 nitrogen and oxygen atoms in total. The Kier molecular flexibility index (Phi) is 2.00. The van der Waals surface area contributed by atoms with Crippen molar-refractivity contribution in [1.29, 1.82) is 0 Å². The minimum absolute atomic E-state index is 0.110. The minimum Gasteiger partial charge on any atom is -0.506 e. The van der Waals surface area contributed by atoms with Gasteiger partial charge in [0.2, 0.25) is 0 Å². The molecule has 15 heavy (non-hydrogen) atoms. The number of para-hydroxylation sites is 1. The van der Waals surface area contributed by atoms with Gasteiger partial charge >= 0.3 is 5.97 Å². The van der Waals surface area contributed by atoms with E-state index in [0.29, 0.717) is 5.22 Å². The van der Waals surface area contributed by atoms with E-state index in [9.17, 15) is 14.7 Å². The van der Waals surface area contributed by atoms with Crippen LogP contribution < -0.4 is 10.6 Å². The molecule has 76 valence electrons. The van der Waals surface area contributed by atoms with Crippen LogP contribution in [0, 0.1) is 0 Å². The summed E-state index contributed by atoms with van der Waals surface area (Å²) in [6.45, 7) is 0. The van der Waals surface area contributed by atoms with Crippen LogP contribution in [-0.2, 0) is 9.59 Å². The smallest absolute Gasteiger partial charge is 0.308 e. The van der Waals surface area contributed by atoms with Gasteiger partial charge in [-0.15, -0.1) is 0 Å².